The minimum atomic E-state index is 0.0178. The lowest BCUT2D eigenvalue weighted by molar-refractivity contribution is 0.0745. The van der Waals surface area contributed by atoms with E-state index in [1.165, 1.54) is 12.8 Å². The number of anilines is 1. The van der Waals surface area contributed by atoms with Crippen molar-refractivity contribution in [2.45, 2.75) is 26.3 Å². The maximum absolute atomic E-state index is 13.1. The molecule has 34 heavy (non-hydrogen) atoms. The van der Waals surface area contributed by atoms with Crippen molar-refractivity contribution in [1.29, 1.82) is 0 Å². The summed E-state index contributed by atoms with van der Waals surface area (Å²) in [6.45, 7) is 5.58. The summed E-state index contributed by atoms with van der Waals surface area (Å²) in [5.41, 5.74) is 3.05. The molecule has 9 nitrogen and oxygen atoms in total. The Bertz CT molecular complexity index is 1350. The van der Waals surface area contributed by atoms with Crippen molar-refractivity contribution in [3.63, 3.8) is 0 Å². The second-order valence-corrected chi connectivity index (χ2v) is 9.75. The number of piperazine rings is 1. The molecular formula is C24H24ClN7O2. The highest BCUT2D eigenvalue weighted by molar-refractivity contribution is 6.29. The van der Waals surface area contributed by atoms with Crippen LogP contribution in [0.25, 0.3) is 22.6 Å². The number of rotatable bonds is 5. The van der Waals surface area contributed by atoms with Gasteiger partial charge in [0.2, 0.25) is 5.65 Å². The Morgan fingerprint density at radius 2 is 1.82 bits per heavy atom. The van der Waals surface area contributed by atoms with Crippen LogP contribution in [0, 0.1) is 5.41 Å². The van der Waals surface area contributed by atoms with Crippen molar-refractivity contribution >= 4 is 34.8 Å². The Labute approximate surface area is 201 Å². The molecule has 0 bridgehead atoms. The van der Waals surface area contributed by atoms with Crippen molar-refractivity contribution in [1.82, 2.24) is 29.6 Å². The third-order valence-electron chi connectivity index (χ3n) is 6.69. The predicted molar refractivity (Wildman–Crippen MR) is 128 cm³/mol. The van der Waals surface area contributed by atoms with Gasteiger partial charge in [-0.2, -0.15) is 10.1 Å². The first-order valence-electron chi connectivity index (χ1n) is 11.4. The Hall–Kier alpha value is -3.46. The molecule has 1 saturated heterocycles. The summed E-state index contributed by atoms with van der Waals surface area (Å²) >= 11 is 5.94. The van der Waals surface area contributed by atoms with Gasteiger partial charge >= 0.3 is 0 Å². The van der Waals surface area contributed by atoms with Gasteiger partial charge in [-0.05, 0) is 42.5 Å². The van der Waals surface area contributed by atoms with E-state index in [1.54, 1.807) is 18.5 Å². The molecule has 1 aliphatic heterocycles. The summed E-state index contributed by atoms with van der Waals surface area (Å²) in [5, 5.41) is 4.78. The predicted octanol–water partition coefficient (Wildman–Crippen LogP) is 3.90. The molecular weight excluding hydrogens is 454 g/mol. The van der Waals surface area contributed by atoms with Gasteiger partial charge in [-0.15, -0.1) is 0 Å². The molecule has 10 heteroatoms. The SMILES string of the molecule is CC1(Cn2ncnc2-c2ccc(C(=O)N3CCN(c4nc5nc(Cl)ccc5o4)CC3)cc2)CC1. The van der Waals surface area contributed by atoms with E-state index in [4.69, 9.17) is 16.0 Å². The van der Waals surface area contributed by atoms with Crippen molar-refractivity contribution in [2.75, 3.05) is 31.1 Å². The van der Waals surface area contributed by atoms with Crippen LogP contribution >= 0.6 is 11.6 Å². The van der Waals surface area contributed by atoms with Gasteiger partial charge in [0.1, 0.15) is 11.5 Å². The number of fused-ring (bicyclic) bond motifs is 1. The minimum absolute atomic E-state index is 0.0178. The number of benzene rings is 1. The van der Waals surface area contributed by atoms with E-state index in [0.29, 0.717) is 59.6 Å². The van der Waals surface area contributed by atoms with Crippen LogP contribution in [0.5, 0.6) is 0 Å². The van der Waals surface area contributed by atoms with E-state index in [2.05, 4.69) is 27.0 Å². The van der Waals surface area contributed by atoms with Gasteiger partial charge in [0, 0.05) is 43.9 Å². The fourth-order valence-electron chi connectivity index (χ4n) is 4.30. The second kappa shape index (κ2) is 8.09. The molecule has 2 aliphatic rings. The van der Waals surface area contributed by atoms with Crippen LogP contribution in [0.4, 0.5) is 6.01 Å². The largest absolute Gasteiger partial charge is 0.422 e. The number of nitrogens with zero attached hydrogens (tertiary/aromatic N) is 7. The number of oxazole rings is 1. The molecule has 0 atom stereocenters. The number of hydrogen-bond acceptors (Lipinski definition) is 7. The number of hydrogen-bond donors (Lipinski definition) is 0. The molecule has 1 aromatic carbocycles. The van der Waals surface area contributed by atoms with E-state index in [0.717, 1.165) is 17.9 Å². The van der Waals surface area contributed by atoms with E-state index < -0.39 is 0 Å². The molecule has 0 radical (unpaired) electrons. The number of aromatic nitrogens is 5. The van der Waals surface area contributed by atoms with Gasteiger partial charge in [0.25, 0.3) is 11.9 Å². The lowest BCUT2D eigenvalue weighted by atomic mass is 10.1. The normalized spacial score (nSPS) is 17.4. The van der Waals surface area contributed by atoms with Crippen LogP contribution in [0.3, 0.4) is 0 Å². The smallest absolute Gasteiger partial charge is 0.300 e. The number of carbonyl (C=O) groups is 1. The molecule has 1 aliphatic carbocycles. The zero-order valence-corrected chi connectivity index (χ0v) is 19.6. The van der Waals surface area contributed by atoms with Crippen LogP contribution in [0.2, 0.25) is 5.15 Å². The summed E-state index contributed by atoms with van der Waals surface area (Å²) in [6.07, 6.45) is 4.05. The van der Waals surface area contributed by atoms with Crippen LogP contribution in [0.15, 0.2) is 47.1 Å². The Kier molecular flexibility index (Phi) is 5.02. The first-order valence-corrected chi connectivity index (χ1v) is 11.8. The zero-order chi connectivity index (χ0) is 23.3. The average Bonchev–Trinajstić information content (AvgIpc) is 3.22. The molecule has 4 aromatic rings. The highest BCUT2D eigenvalue weighted by Gasteiger charge is 2.38. The Morgan fingerprint density at radius 1 is 1.06 bits per heavy atom. The summed E-state index contributed by atoms with van der Waals surface area (Å²) in [4.78, 5) is 30.0. The Balaban J connectivity index is 1.11. The molecule has 3 aromatic heterocycles. The van der Waals surface area contributed by atoms with E-state index in [9.17, 15) is 4.79 Å². The standard InChI is InChI=1S/C24H24ClN7O2/c1-24(8-9-24)14-32-21(26-15-27-32)16-2-4-17(5-3-16)22(33)30-10-12-31(13-11-30)23-29-20-18(34-23)6-7-19(25)28-20/h2-7,15H,8-14H2,1H3. The van der Waals surface area contributed by atoms with E-state index in [1.807, 2.05) is 38.7 Å². The van der Waals surface area contributed by atoms with E-state index >= 15 is 0 Å². The highest BCUT2D eigenvalue weighted by Crippen LogP contribution is 2.46. The van der Waals surface area contributed by atoms with Crippen LogP contribution < -0.4 is 4.90 Å². The summed E-state index contributed by atoms with van der Waals surface area (Å²) in [7, 11) is 0. The number of pyridine rings is 1. The molecule has 0 unspecified atom stereocenters. The maximum atomic E-state index is 13.1. The van der Waals surface area contributed by atoms with Gasteiger partial charge in [0.05, 0.1) is 0 Å². The van der Waals surface area contributed by atoms with Crippen LogP contribution in [-0.4, -0.2) is 61.7 Å². The fourth-order valence-corrected chi connectivity index (χ4v) is 4.44. The maximum Gasteiger partial charge on any atom is 0.300 e. The average molecular weight is 478 g/mol. The van der Waals surface area contributed by atoms with Crippen LogP contribution in [-0.2, 0) is 6.54 Å². The zero-order valence-electron chi connectivity index (χ0n) is 18.8. The van der Waals surface area contributed by atoms with Gasteiger partial charge in [-0.1, -0.05) is 30.7 Å². The van der Waals surface area contributed by atoms with Crippen molar-refractivity contribution in [3.05, 3.63) is 53.4 Å². The van der Waals surface area contributed by atoms with Crippen molar-refractivity contribution < 1.29 is 9.21 Å². The molecule has 4 heterocycles. The van der Waals surface area contributed by atoms with Gasteiger partial charge in [-0.3, -0.25) is 4.79 Å². The topological polar surface area (TPSA) is 93.2 Å². The summed E-state index contributed by atoms with van der Waals surface area (Å²) in [5.74, 6) is 0.860. The number of carbonyl (C=O) groups excluding carboxylic acids is 1. The fraction of sp³-hybridized carbons (Fsp3) is 0.375. The molecule has 0 N–H and O–H groups in total. The van der Waals surface area contributed by atoms with E-state index in [-0.39, 0.29) is 5.91 Å². The van der Waals surface area contributed by atoms with Gasteiger partial charge in [-0.25, -0.2) is 14.6 Å². The van der Waals surface area contributed by atoms with Crippen molar-refractivity contribution in [2.24, 2.45) is 5.41 Å². The van der Waals surface area contributed by atoms with Crippen molar-refractivity contribution in [3.8, 4) is 11.4 Å². The molecule has 6 rings (SSSR count). The Morgan fingerprint density at radius 3 is 2.56 bits per heavy atom. The molecule has 1 amide bonds. The molecule has 1 saturated carbocycles. The monoisotopic (exact) mass is 477 g/mol. The number of amides is 1. The van der Waals surface area contributed by atoms with Crippen LogP contribution in [0.1, 0.15) is 30.1 Å². The first kappa shape index (κ1) is 21.1. The first-order chi connectivity index (χ1) is 16.5. The third-order valence-corrected chi connectivity index (χ3v) is 6.90. The quantitative estimate of drug-likeness (QED) is 0.402. The minimum Gasteiger partial charge on any atom is -0.422 e. The number of halogens is 1. The molecule has 174 valence electrons. The lowest BCUT2D eigenvalue weighted by Gasteiger charge is -2.33. The lowest BCUT2D eigenvalue weighted by Crippen LogP contribution is -2.48. The molecule has 2 fully saturated rings. The van der Waals surface area contributed by atoms with Gasteiger partial charge in [0.15, 0.2) is 11.4 Å². The highest BCUT2D eigenvalue weighted by atomic mass is 35.5. The third kappa shape index (κ3) is 4.00. The summed E-state index contributed by atoms with van der Waals surface area (Å²) < 4.78 is 7.78. The second-order valence-electron chi connectivity index (χ2n) is 9.36. The summed E-state index contributed by atoms with van der Waals surface area (Å²) in [6, 6.07) is 11.6. The van der Waals surface area contributed by atoms with Gasteiger partial charge < -0.3 is 14.2 Å². The molecule has 0 spiro atoms.